The zero-order valence-corrected chi connectivity index (χ0v) is 16.4. The molecule has 1 aliphatic heterocycles. The van der Waals surface area contributed by atoms with Crippen molar-refractivity contribution in [1.29, 1.82) is 0 Å². The van der Waals surface area contributed by atoms with Crippen molar-refractivity contribution < 1.29 is 9.53 Å². The number of methoxy groups -OCH3 is 1. The largest absolute Gasteiger partial charge is 0.497 e. The molecule has 1 heterocycles. The third-order valence-electron chi connectivity index (χ3n) is 5.13. The summed E-state index contributed by atoms with van der Waals surface area (Å²) in [6.07, 6.45) is 2.67. The molecule has 0 fully saturated rings. The molecule has 0 spiro atoms. The van der Waals surface area contributed by atoms with Crippen LogP contribution in [0.15, 0.2) is 42.5 Å². The van der Waals surface area contributed by atoms with Gasteiger partial charge in [-0.3, -0.25) is 4.79 Å². The van der Waals surface area contributed by atoms with Crippen molar-refractivity contribution in [1.82, 2.24) is 4.90 Å². The summed E-state index contributed by atoms with van der Waals surface area (Å²) in [6.45, 7) is 1.55. The Balaban J connectivity index is 1.83. The number of rotatable bonds is 7. The van der Waals surface area contributed by atoms with Gasteiger partial charge in [0.1, 0.15) is 5.75 Å². The van der Waals surface area contributed by atoms with Crippen LogP contribution in [-0.4, -0.2) is 38.6 Å². The van der Waals surface area contributed by atoms with Crippen LogP contribution in [-0.2, 0) is 17.8 Å². The van der Waals surface area contributed by atoms with E-state index in [4.69, 9.17) is 10.5 Å². The van der Waals surface area contributed by atoms with E-state index in [0.717, 1.165) is 54.1 Å². The number of nitrogens with zero attached hydrogens (tertiary/aromatic N) is 2. The lowest BCUT2D eigenvalue weighted by atomic mass is 9.87. The van der Waals surface area contributed by atoms with E-state index >= 15 is 0 Å². The number of ether oxygens (including phenoxy) is 1. The molecule has 2 aromatic rings. The average Bonchev–Trinajstić information content (AvgIpc) is 2.65. The summed E-state index contributed by atoms with van der Waals surface area (Å²) in [5, 5.41) is 0. The van der Waals surface area contributed by atoms with Gasteiger partial charge in [0.25, 0.3) is 0 Å². The zero-order valence-electron chi connectivity index (χ0n) is 16.4. The van der Waals surface area contributed by atoms with Crippen molar-refractivity contribution in [3.8, 4) is 5.75 Å². The molecule has 2 N–H and O–H groups in total. The van der Waals surface area contributed by atoms with Gasteiger partial charge in [-0.2, -0.15) is 0 Å². The Morgan fingerprint density at radius 3 is 2.59 bits per heavy atom. The predicted octanol–water partition coefficient (Wildman–Crippen LogP) is 3.32. The van der Waals surface area contributed by atoms with E-state index in [9.17, 15) is 4.79 Å². The molecule has 0 bridgehead atoms. The van der Waals surface area contributed by atoms with Crippen LogP contribution < -0.4 is 15.4 Å². The van der Waals surface area contributed by atoms with E-state index in [1.807, 2.05) is 47.4 Å². The SMILES string of the molecule is COc1ccc(CN2C(=O)C(CCCN(C)C)Cc3cc(N)ccc32)cc1. The summed E-state index contributed by atoms with van der Waals surface area (Å²) in [5.74, 6) is 1.04. The summed E-state index contributed by atoms with van der Waals surface area (Å²) in [4.78, 5) is 17.3. The van der Waals surface area contributed by atoms with Crippen LogP contribution in [0.2, 0.25) is 0 Å². The fraction of sp³-hybridized carbons (Fsp3) is 0.409. The Kier molecular flexibility index (Phi) is 6.01. The smallest absolute Gasteiger partial charge is 0.230 e. The molecule has 1 atom stereocenters. The summed E-state index contributed by atoms with van der Waals surface area (Å²) in [6, 6.07) is 13.8. The number of benzene rings is 2. The van der Waals surface area contributed by atoms with Crippen LogP contribution in [0, 0.1) is 5.92 Å². The van der Waals surface area contributed by atoms with Crippen LogP contribution in [0.1, 0.15) is 24.0 Å². The Bertz CT molecular complexity index is 787. The number of amides is 1. The molecule has 1 unspecified atom stereocenters. The van der Waals surface area contributed by atoms with Crippen molar-refractivity contribution in [3.63, 3.8) is 0 Å². The predicted molar refractivity (Wildman–Crippen MR) is 110 cm³/mol. The lowest BCUT2D eigenvalue weighted by molar-refractivity contribution is -0.123. The van der Waals surface area contributed by atoms with E-state index in [-0.39, 0.29) is 11.8 Å². The molecule has 144 valence electrons. The van der Waals surface area contributed by atoms with Crippen molar-refractivity contribution in [2.75, 3.05) is 38.4 Å². The minimum Gasteiger partial charge on any atom is -0.497 e. The molecule has 0 saturated heterocycles. The Hall–Kier alpha value is -2.53. The van der Waals surface area contributed by atoms with Gasteiger partial charge in [0, 0.05) is 17.3 Å². The molecule has 1 aliphatic rings. The third kappa shape index (κ3) is 4.61. The average molecular weight is 367 g/mol. The maximum absolute atomic E-state index is 13.2. The molecule has 0 radical (unpaired) electrons. The molecular weight excluding hydrogens is 338 g/mol. The number of carbonyl (C=O) groups is 1. The molecule has 1 amide bonds. The molecule has 0 saturated carbocycles. The first-order valence-corrected chi connectivity index (χ1v) is 9.45. The van der Waals surface area contributed by atoms with Crippen LogP contribution in [0.3, 0.4) is 0 Å². The monoisotopic (exact) mass is 367 g/mol. The molecule has 27 heavy (non-hydrogen) atoms. The second-order valence-corrected chi connectivity index (χ2v) is 7.51. The van der Waals surface area contributed by atoms with Gasteiger partial charge in [-0.1, -0.05) is 12.1 Å². The lowest BCUT2D eigenvalue weighted by Crippen LogP contribution is -2.41. The number of hydrogen-bond donors (Lipinski definition) is 1. The highest BCUT2D eigenvalue weighted by molar-refractivity contribution is 5.98. The normalized spacial score (nSPS) is 16.5. The van der Waals surface area contributed by atoms with Gasteiger partial charge in [-0.15, -0.1) is 0 Å². The van der Waals surface area contributed by atoms with Crippen LogP contribution in [0.5, 0.6) is 5.75 Å². The quantitative estimate of drug-likeness (QED) is 0.763. The van der Waals surface area contributed by atoms with Gasteiger partial charge in [0.2, 0.25) is 5.91 Å². The van der Waals surface area contributed by atoms with Crippen molar-refractivity contribution >= 4 is 17.3 Å². The first-order chi connectivity index (χ1) is 13.0. The van der Waals surface area contributed by atoms with Crippen LogP contribution in [0.4, 0.5) is 11.4 Å². The molecule has 2 aromatic carbocycles. The second-order valence-electron chi connectivity index (χ2n) is 7.51. The number of nitrogen functional groups attached to an aromatic ring is 1. The van der Waals surface area contributed by atoms with Crippen molar-refractivity contribution in [2.45, 2.75) is 25.8 Å². The standard InChI is InChI=1S/C22H29N3O2/c1-24(2)12-4-5-17-13-18-14-19(23)8-11-21(18)25(22(17)26)15-16-6-9-20(27-3)10-7-16/h6-11,14,17H,4-5,12-13,15,23H2,1-3H3. The van der Waals surface area contributed by atoms with E-state index in [0.29, 0.717) is 6.54 Å². The summed E-state index contributed by atoms with van der Waals surface area (Å²) in [5.41, 5.74) is 9.99. The van der Waals surface area contributed by atoms with Crippen LogP contribution >= 0.6 is 0 Å². The summed E-state index contributed by atoms with van der Waals surface area (Å²) < 4.78 is 5.23. The molecular formula is C22H29N3O2. The first kappa shape index (κ1) is 19.2. The van der Waals surface area contributed by atoms with Gasteiger partial charge >= 0.3 is 0 Å². The van der Waals surface area contributed by atoms with E-state index in [2.05, 4.69) is 19.0 Å². The number of hydrogen-bond acceptors (Lipinski definition) is 4. The third-order valence-corrected chi connectivity index (χ3v) is 5.13. The first-order valence-electron chi connectivity index (χ1n) is 9.45. The molecule has 0 aromatic heterocycles. The highest BCUT2D eigenvalue weighted by Gasteiger charge is 2.32. The summed E-state index contributed by atoms with van der Waals surface area (Å²) >= 11 is 0. The minimum absolute atomic E-state index is 0.0116. The Morgan fingerprint density at radius 1 is 1.19 bits per heavy atom. The summed E-state index contributed by atoms with van der Waals surface area (Å²) in [7, 11) is 5.78. The number of anilines is 2. The van der Waals surface area contributed by atoms with E-state index < -0.39 is 0 Å². The van der Waals surface area contributed by atoms with Gasteiger partial charge in [-0.05, 0) is 81.4 Å². The molecule has 0 aliphatic carbocycles. The number of nitrogens with two attached hydrogens (primary N) is 1. The second kappa shape index (κ2) is 8.44. The van der Waals surface area contributed by atoms with Crippen LogP contribution in [0.25, 0.3) is 0 Å². The highest BCUT2D eigenvalue weighted by Crippen LogP contribution is 2.35. The molecule has 5 heteroatoms. The Morgan fingerprint density at radius 2 is 1.93 bits per heavy atom. The van der Waals surface area contributed by atoms with E-state index in [1.54, 1.807) is 7.11 Å². The van der Waals surface area contributed by atoms with E-state index in [1.165, 1.54) is 0 Å². The van der Waals surface area contributed by atoms with Gasteiger partial charge < -0.3 is 20.3 Å². The van der Waals surface area contributed by atoms with Gasteiger partial charge in [0.15, 0.2) is 0 Å². The molecule has 3 rings (SSSR count). The minimum atomic E-state index is 0.0116. The Labute approximate surface area is 161 Å². The van der Waals surface area contributed by atoms with Gasteiger partial charge in [-0.25, -0.2) is 0 Å². The van der Waals surface area contributed by atoms with Crippen molar-refractivity contribution in [2.24, 2.45) is 5.92 Å². The maximum atomic E-state index is 13.2. The fourth-order valence-corrected chi connectivity index (χ4v) is 3.68. The highest BCUT2D eigenvalue weighted by atomic mass is 16.5. The number of fused-ring (bicyclic) bond motifs is 1. The zero-order chi connectivity index (χ0) is 19.4. The van der Waals surface area contributed by atoms with Gasteiger partial charge in [0.05, 0.1) is 13.7 Å². The lowest BCUT2D eigenvalue weighted by Gasteiger charge is -2.35. The van der Waals surface area contributed by atoms with Crippen molar-refractivity contribution in [3.05, 3.63) is 53.6 Å². The molecule has 5 nitrogen and oxygen atoms in total. The topological polar surface area (TPSA) is 58.8 Å². The fourth-order valence-electron chi connectivity index (χ4n) is 3.68. The number of carbonyl (C=O) groups excluding carboxylic acids is 1. The maximum Gasteiger partial charge on any atom is 0.230 e.